The normalized spacial score (nSPS) is 12.4. The molecule has 3 aromatic rings. The van der Waals surface area contributed by atoms with Crippen LogP contribution in [-0.4, -0.2) is 31.7 Å². The maximum Gasteiger partial charge on any atom is 0.243 e. The molecule has 20 heavy (non-hydrogen) atoms. The van der Waals surface area contributed by atoms with Gasteiger partial charge in [-0.05, 0) is 23.3 Å². The molecule has 0 unspecified atom stereocenters. The smallest absolute Gasteiger partial charge is 0.243 e. The molecule has 1 amide bonds. The molecular formula is C12H12N6OS. The van der Waals surface area contributed by atoms with Crippen molar-refractivity contribution in [3.8, 4) is 0 Å². The Balaban J connectivity index is 1.72. The maximum atomic E-state index is 11.9. The highest BCUT2D eigenvalue weighted by Gasteiger charge is 2.17. The van der Waals surface area contributed by atoms with Crippen LogP contribution in [0, 0.1) is 0 Å². The summed E-state index contributed by atoms with van der Waals surface area (Å²) in [5.41, 5.74) is 7.97. The Morgan fingerprint density at radius 3 is 3.10 bits per heavy atom. The lowest BCUT2D eigenvalue weighted by molar-refractivity contribution is -0.117. The van der Waals surface area contributed by atoms with Crippen LogP contribution in [0.1, 0.15) is 5.56 Å². The number of hydrogen-bond donors (Lipinski definition) is 3. The average Bonchev–Trinajstić information content (AvgIpc) is 3.09. The quantitative estimate of drug-likeness (QED) is 0.661. The molecule has 0 bridgehead atoms. The highest BCUT2D eigenvalue weighted by molar-refractivity contribution is 7.09. The summed E-state index contributed by atoms with van der Waals surface area (Å²) in [5.74, 6) is -0.297. The van der Waals surface area contributed by atoms with Gasteiger partial charge in [-0.25, -0.2) is 0 Å². The molecular weight excluding hydrogens is 276 g/mol. The second-order valence-corrected chi connectivity index (χ2v) is 5.06. The third-order valence-electron chi connectivity index (χ3n) is 2.98. The van der Waals surface area contributed by atoms with E-state index in [1.54, 1.807) is 0 Å². The summed E-state index contributed by atoms with van der Waals surface area (Å²) in [7, 11) is 0. The number of H-pyrrole nitrogens is 1. The molecule has 2 heterocycles. The van der Waals surface area contributed by atoms with Crippen molar-refractivity contribution in [3.05, 3.63) is 36.0 Å². The lowest BCUT2D eigenvalue weighted by Crippen LogP contribution is -2.37. The van der Waals surface area contributed by atoms with Crippen LogP contribution in [-0.2, 0) is 11.2 Å². The molecule has 4 N–H and O–H groups in total. The van der Waals surface area contributed by atoms with Crippen LogP contribution in [0.4, 0.5) is 5.13 Å². The Morgan fingerprint density at radius 2 is 2.30 bits per heavy atom. The van der Waals surface area contributed by atoms with Gasteiger partial charge >= 0.3 is 0 Å². The van der Waals surface area contributed by atoms with Crippen LogP contribution in [0.25, 0.3) is 10.9 Å². The fraction of sp³-hybridized carbons (Fsp3) is 0.167. The molecule has 0 fully saturated rings. The summed E-state index contributed by atoms with van der Waals surface area (Å²) in [6.45, 7) is 0. The van der Waals surface area contributed by atoms with Crippen LogP contribution in [0.2, 0.25) is 0 Å². The predicted octanol–water partition coefficient (Wildman–Crippen LogP) is 0.923. The van der Waals surface area contributed by atoms with Gasteiger partial charge in [0.25, 0.3) is 0 Å². The van der Waals surface area contributed by atoms with E-state index in [0.717, 1.165) is 28.0 Å². The highest BCUT2D eigenvalue weighted by Crippen LogP contribution is 2.19. The topological polar surface area (TPSA) is 110 Å². The van der Waals surface area contributed by atoms with E-state index in [9.17, 15) is 4.79 Å². The number of amides is 1. The number of carbonyl (C=O) groups is 1. The fourth-order valence-corrected chi connectivity index (χ4v) is 2.38. The third kappa shape index (κ3) is 2.51. The van der Waals surface area contributed by atoms with Gasteiger partial charge in [0, 0.05) is 28.6 Å². The van der Waals surface area contributed by atoms with E-state index in [2.05, 4.69) is 25.1 Å². The first-order chi connectivity index (χ1) is 9.74. The molecule has 0 spiro atoms. The molecule has 0 radical (unpaired) electrons. The van der Waals surface area contributed by atoms with E-state index in [-0.39, 0.29) is 5.91 Å². The molecule has 0 aliphatic carbocycles. The Kier molecular flexibility index (Phi) is 3.40. The van der Waals surface area contributed by atoms with Crippen LogP contribution in [0.15, 0.2) is 30.5 Å². The second-order valence-electron chi connectivity index (χ2n) is 4.33. The molecule has 0 saturated heterocycles. The zero-order valence-electron chi connectivity index (χ0n) is 10.4. The minimum atomic E-state index is -0.655. The summed E-state index contributed by atoms with van der Waals surface area (Å²) in [6.07, 6.45) is 2.33. The van der Waals surface area contributed by atoms with Crippen LogP contribution in [0.3, 0.4) is 0 Å². The van der Waals surface area contributed by atoms with Crippen LogP contribution in [0.5, 0.6) is 0 Å². The van der Waals surface area contributed by atoms with E-state index in [1.807, 2.05) is 30.5 Å². The molecule has 8 heteroatoms. The van der Waals surface area contributed by atoms with Crippen molar-refractivity contribution in [3.63, 3.8) is 0 Å². The van der Waals surface area contributed by atoms with Crippen molar-refractivity contribution in [2.24, 2.45) is 5.73 Å². The third-order valence-corrected chi connectivity index (χ3v) is 3.49. The first kappa shape index (κ1) is 12.7. The maximum absolute atomic E-state index is 11.9. The highest BCUT2D eigenvalue weighted by atomic mass is 32.1. The van der Waals surface area contributed by atoms with Gasteiger partial charge in [0.1, 0.15) is 0 Å². The molecule has 0 aliphatic heterocycles. The number of rotatable bonds is 4. The van der Waals surface area contributed by atoms with Crippen LogP contribution >= 0.6 is 11.5 Å². The van der Waals surface area contributed by atoms with Crippen molar-refractivity contribution in [2.75, 3.05) is 5.32 Å². The van der Waals surface area contributed by atoms with Gasteiger partial charge < -0.3 is 10.7 Å². The minimum absolute atomic E-state index is 0.297. The molecule has 7 nitrogen and oxygen atoms in total. The SMILES string of the molecule is N[C@@H](Cc1c[nH]c2ccccc12)C(=O)Nc1nnns1. The number of anilines is 1. The van der Waals surface area contributed by atoms with Gasteiger partial charge in [-0.15, -0.1) is 0 Å². The molecule has 3 rings (SSSR count). The summed E-state index contributed by atoms with van der Waals surface area (Å²) >= 11 is 1.01. The Morgan fingerprint density at radius 1 is 1.45 bits per heavy atom. The lowest BCUT2D eigenvalue weighted by atomic mass is 10.1. The number of carbonyl (C=O) groups excluding carboxylic acids is 1. The van der Waals surface area contributed by atoms with Gasteiger partial charge in [0.2, 0.25) is 11.0 Å². The van der Waals surface area contributed by atoms with E-state index in [1.165, 1.54) is 0 Å². The van der Waals surface area contributed by atoms with Crippen molar-refractivity contribution in [1.82, 2.24) is 19.8 Å². The van der Waals surface area contributed by atoms with Gasteiger partial charge in [-0.1, -0.05) is 27.8 Å². The van der Waals surface area contributed by atoms with Crippen molar-refractivity contribution in [2.45, 2.75) is 12.5 Å². The van der Waals surface area contributed by atoms with Gasteiger partial charge in [0.05, 0.1) is 6.04 Å². The number of aromatic nitrogens is 4. The largest absolute Gasteiger partial charge is 0.361 e. The van der Waals surface area contributed by atoms with Gasteiger partial charge in [0.15, 0.2) is 0 Å². The number of hydrogen-bond acceptors (Lipinski definition) is 6. The van der Waals surface area contributed by atoms with Crippen LogP contribution < -0.4 is 11.1 Å². The first-order valence-corrected chi connectivity index (χ1v) is 6.78. The zero-order chi connectivity index (χ0) is 13.9. The number of para-hydroxylation sites is 1. The standard InChI is InChI=1S/C12H12N6OS/c13-9(11(19)15-12-16-17-18-20-12)5-7-6-14-10-4-2-1-3-8(7)10/h1-4,6,9,14H,5,13H2,(H,15,16,18,19)/t9-/m0/s1. The summed E-state index contributed by atoms with van der Waals surface area (Å²) in [4.78, 5) is 15.1. The molecule has 0 aliphatic rings. The van der Waals surface area contributed by atoms with Gasteiger partial charge in [-0.3, -0.25) is 10.1 Å². The fourth-order valence-electron chi connectivity index (χ4n) is 2.01. The number of benzene rings is 1. The number of nitrogens with one attached hydrogen (secondary N) is 2. The number of aromatic amines is 1. The average molecular weight is 288 g/mol. The second kappa shape index (κ2) is 5.35. The lowest BCUT2D eigenvalue weighted by Gasteiger charge is -2.09. The van der Waals surface area contributed by atoms with Crippen molar-refractivity contribution < 1.29 is 4.79 Å². The molecule has 102 valence electrons. The number of fused-ring (bicyclic) bond motifs is 1. The van der Waals surface area contributed by atoms with E-state index < -0.39 is 6.04 Å². The summed E-state index contributed by atoms with van der Waals surface area (Å²) in [5, 5.41) is 11.1. The van der Waals surface area contributed by atoms with E-state index >= 15 is 0 Å². The van der Waals surface area contributed by atoms with Crippen molar-refractivity contribution >= 4 is 33.5 Å². The zero-order valence-corrected chi connectivity index (χ0v) is 11.2. The monoisotopic (exact) mass is 288 g/mol. The Bertz CT molecular complexity index is 722. The molecule has 1 aromatic carbocycles. The molecule has 0 saturated carbocycles. The first-order valence-electron chi connectivity index (χ1n) is 6.00. The summed E-state index contributed by atoms with van der Waals surface area (Å²) < 4.78 is 3.57. The van der Waals surface area contributed by atoms with E-state index in [4.69, 9.17) is 5.73 Å². The van der Waals surface area contributed by atoms with Crippen molar-refractivity contribution in [1.29, 1.82) is 0 Å². The molecule has 1 atom stereocenters. The minimum Gasteiger partial charge on any atom is -0.361 e. The Hall–Kier alpha value is -2.32. The Labute approximate surface area is 118 Å². The van der Waals surface area contributed by atoms with Gasteiger partial charge in [-0.2, -0.15) is 0 Å². The summed E-state index contributed by atoms with van der Waals surface area (Å²) in [6, 6.07) is 7.24. The molecule has 2 aromatic heterocycles. The number of nitrogens with two attached hydrogens (primary N) is 1. The number of nitrogens with zero attached hydrogens (tertiary/aromatic N) is 3. The predicted molar refractivity (Wildman–Crippen MR) is 76.3 cm³/mol. The van der Waals surface area contributed by atoms with E-state index in [0.29, 0.717) is 11.6 Å².